The normalized spacial score (nSPS) is 12.1. The maximum absolute atomic E-state index is 8.80. The Morgan fingerprint density at radius 3 is 2.60 bits per heavy atom. The van der Waals surface area contributed by atoms with Gasteiger partial charge in [0, 0.05) is 12.3 Å². The molecule has 0 spiro atoms. The highest BCUT2D eigenvalue weighted by atomic mass is 32.1. The lowest BCUT2D eigenvalue weighted by Crippen LogP contribution is -2.44. The number of thiocarbonyl (C=S) groups is 1. The van der Waals surface area contributed by atoms with Crippen molar-refractivity contribution in [3.63, 3.8) is 0 Å². The molecule has 1 rings (SSSR count). The van der Waals surface area contributed by atoms with E-state index in [0.29, 0.717) is 11.4 Å². The molecular formula is C10H15N3OS. The number of hydrogen-bond donors (Lipinski definition) is 4. The van der Waals surface area contributed by atoms with E-state index in [4.69, 9.17) is 23.2 Å². The first kappa shape index (κ1) is 12.1. The lowest BCUT2D eigenvalue weighted by Gasteiger charge is -2.17. The van der Waals surface area contributed by atoms with Gasteiger partial charge in [-0.05, 0) is 18.6 Å². The van der Waals surface area contributed by atoms with Gasteiger partial charge in [-0.15, -0.1) is 0 Å². The summed E-state index contributed by atoms with van der Waals surface area (Å²) < 4.78 is 0. The molecule has 0 aliphatic rings. The number of anilines is 1. The van der Waals surface area contributed by atoms with Crippen molar-refractivity contribution in [3.05, 3.63) is 30.3 Å². The summed E-state index contributed by atoms with van der Waals surface area (Å²) in [4.78, 5) is 0.581. The third-order valence-electron chi connectivity index (χ3n) is 1.98. The Labute approximate surface area is 94.5 Å². The van der Waals surface area contributed by atoms with E-state index in [-0.39, 0.29) is 12.6 Å². The monoisotopic (exact) mass is 225 g/mol. The van der Waals surface area contributed by atoms with Gasteiger partial charge >= 0.3 is 0 Å². The Morgan fingerprint density at radius 2 is 2.07 bits per heavy atom. The average molecular weight is 225 g/mol. The van der Waals surface area contributed by atoms with Crippen LogP contribution in [-0.4, -0.2) is 22.7 Å². The van der Waals surface area contributed by atoms with Crippen molar-refractivity contribution in [2.45, 2.75) is 12.5 Å². The standard InChI is InChI=1S/C10H15N3OS/c11-13-9(6-7-14)10(15)12-8-4-2-1-3-5-8/h1-5,9,13-14H,6-7,11H2,(H,12,15)/t9-/m1/s1. The van der Waals surface area contributed by atoms with Crippen LogP contribution in [0.1, 0.15) is 6.42 Å². The number of rotatable bonds is 5. The van der Waals surface area contributed by atoms with Crippen molar-refractivity contribution < 1.29 is 5.11 Å². The Balaban J connectivity index is 2.54. The summed E-state index contributed by atoms with van der Waals surface area (Å²) >= 11 is 5.16. The van der Waals surface area contributed by atoms with E-state index in [1.807, 2.05) is 30.3 Å². The van der Waals surface area contributed by atoms with Crippen molar-refractivity contribution in [1.29, 1.82) is 0 Å². The third-order valence-corrected chi connectivity index (χ3v) is 2.36. The average Bonchev–Trinajstić information content (AvgIpc) is 2.27. The molecule has 0 bridgehead atoms. The second kappa shape index (κ2) is 6.47. The van der Waals surface area contributed by atoms with Gasteiger partial charge in [-0.2, -0.15) is 0 Å². The molecule has 1 aromatic rings. The first-order valence-electron chi connectivity index (χ1n) is 4.71. The van der Waals surface area contributed by atoms with Crippen molar-refractivity contribution in [3.8, 4) is 0 Å². The lowest BCUT2D eigenvalue weighted by molar-refractivity contribution is 0.279. The molecule has 0 unspecified atom stereocenters. The van der Waals surface area contributed by atoms with E-state index in [1.165, 1.54) is 0 Å². The first-order valence-corrected chi connectivity index (χ1v) is 5.11. The molecule has 0 aliphatic heterocycles. The molecular weight excluding hydrogens is 210 g/mol. The second-order valence-corrected chi connectivity index (χ2v) is 3.53. The molecule has 0 fully saturated rings. The van der Waals surface area contributed by atoms with E-state index in [2.05, 4.69) is 10.7 Å². The zero-order valence-electron chi connectivity index (χ0n) is 8.31. The zero-order chi connectivity index (χ0) is 11.1. The topological polar surface area (TPSA) is 70.3 Å². The van der Waals surface area contributed by atoms with Crippen molar-refractivity contribution in [1.82, 2.24) is 5.43 Å². The van der Waals surface area contributed by atoms with Crippen LogP contribution in [0, 0.1) is 0 Å². The highest BCUT2D eigenvalue weighted by Gasteiger charge is 2.11. The van der Waals surface area contributed by atoms with Crippen LogP contribution < -0.4 is 16.6 Å². The number of benzene rings is 1. The van der Waals surface area contributed by atoms with Crippen LogP contribution >= 0.6 is 12.2 Å². The summed E-state index contributed by atoms with van der Waals surface area (Å²) in [5.41, 5.74) is 3.48. The van der Waals surface area contributed by atoms with Crippen LogP contribution in [-0.2, 0) is 0 Å². The van der Waals surface area contributed by atoms with E-state index < -0.39 is 0 Å². The van der Waals surface area contributed by atoms with Crippen LogP contribution in [0.15, 0.2) is 30.3 Å². The van der Waals surface area contributed by atoms with Gasteiger partial charge in [0.25, 0.3) is 0 Å². The number of para-hydroxylation sites is 1. The molecule has 1 aromatic carbocycles. The van der Waals surface area contributed by atoms with Gasteiger partial charge in [-0.1, -0.05) is 30.4 Å². The first-order chi connectivity index (χ1) is 7.27. The summed E-state index contributed by atoms with van der Waals surface area (Å²) in [6.45, 7) is 0.0471. The number of nitrogens with one attached hydrogen (secondary N) is 2. The number of hydrazine groups is 1. The predicted molar refractivity (Wildman–Crippen MR) is 65.5 cm³/mol. The minimum atomic E-state index is -0.204. The van der Waals surface area contributed by atoms with E-state index >= 15 is 0 Å². The maximum atomic E-state index is 8.80. The van der Waals surface area contributed by atoms with Crippen LogP contribution in [0.25, 0.3) is 0 Å². The molecule has 0 radical (unpaired) electrons. The summed E-state index contributed by atoms with van der Waals surface area (Å²) in [6, 6.07) is 9.40. The van der Waals surface area contributed by atoms with Gasteiger partial charge < -0.3 is 10.4 Å². The third kappa shape index (κ3) is 3.93. The number of hydrogen-bond acceptors (Lipinski definition) is 4. The number of nitrogens with two attached hydrogens (primary N) is 1. The Hall–Kier alpha value is -1.01. The van der Waals surface area contributed by atoms with Gasteiger partial charge in [0.1, 0.15) is 0 Å². The summed E-state index contributed by atoms with van der Waals surface area (Å²) in [5, 5.41) is 11.9. The number of aliphatic hydroxyl groups is 1. The molecule has 0 saturated carbocycles. The molecule has 5 N–H and O–H groups in total. The van der Waals surface area contributed by atoms with Gasteiger partial charge in [-0.3, -0.25) is 11.3 Å². The van der Waals surface area contributed by atoms with E-state index in [0.717, 1.165) is 5.69 Å². The van der Waals surface area contributed by atoms with Gasteiger partial charge in [-0.25, -0.2) is 0 Å². The molecule has 15 heavy (non-hydrogen) atoms. The molecule has 1 atom stereocenters. The fourth-order valence-corrected chi connectivity index (χ4v) is 1.47. The minimum absolute atomic E-state index is 0.0471. The molecule has 0 aliphatic carbocycles. The van der Waals surface area contributed by atoms with Crippen LogP contribution in [0.2, 0.25) is 0 Å². The van der Waals surface area contributed by atoms with Crippen molar-refractivity contribution >= 4 is 22.9 Å². The smallest absolute Gasteiger partial charge is 0.0984 e. The van der Waals surface area contributed by atoms with E-state index in [9.17, 15) is 0 Å². The Morgan fingerprint density at radius 1 is 1.40 bits per heavy atom. The summed E-state index contributed by atoms with van der Waals surface area (Å²) in [7, 11) is 0. The molecule has 82 valence electrons. The Bertz CT molecular complexity index is 305. The molecule has 0 amide bonds. The van der Waals surface area contributed by atoms with Crippen LogP contribution in [0.5, 0.6) is 0 Å². The molecule has 0 heterocycles. The largest absolute Gasteiger partial charge is 0.396 e. The fraction of sp³-hybridized carbons (Fsp3) is 0.300. The van der Waals surface area contributed by atoms with Gasteiger partial charge in [0.05, 0.1) is 11.0 Å². The second-order valence-electron chi connectivity index (χ2n) is 3.09. The van der Waals surface area contributed by atoms with Gasteiger partial charge in [0.15, 0.2) is 0 Å². The Kier molecular flexibility index (Phi) is 5.20. The predicted octanol–water partition coefficient (Wildman–Crippen LogP) is 0.640. The lowest BCUT2D eigenvalue weighted by atomic mass is 10.2. The highest BCUT2D eigenvalue weighted by molar-refractivity contribution is 7.80. The minimum Gasteiger partial charge on any atom is -0.396 e. The summed E-state index contributed by atoms with van der Waals surface area (Å²) in [5.74, 6) is 5.32. The van der Waals surface area contributed by atoms with Crippen molar-refractivity contribution in [2.24, 2.45) is 5.84 Å². The molecule has 5 heteroatoms. The maximum Gasteiger partial charge on any atom is 0.0984 e. The fourth-order valence-electron chi connectivity index (χ4n) is 1.17. The number of aliphatic hydroxyl groups excluding tert-OH is 1. The van der Waals surface area contributed by atoms with E-state index in [1.54, 1.807) is 0 Å². The molecule has 0 saturated heterocycles. The van der Waals surface area contributed by atoms with Crippen molar-refractivity contribution in [2.75, 3.05) is 11.9 Å². The van der Waals surface area contributed by atoms with Crippen LogP contribution in [0.4, 0.5) is 5.69 Å². The molecule has 4 nitrogen and oxygen atoms in total. The van der Waals surface area contributed by atoms with Crippen LogP contribution in [0.3, 0.4) is 0 Å². The SMILES string of the molecule is NN[C@H](CCO)C(=S)Nc1ccccc1. The summed E-state index contributed by atoms with van der Waals surface area (Å²) in [6.07, 6.45) is 0.495. The van der Waals surface area contributed by atoms with Gasteiger partial charge in [0.2, 0.25) is 0 Å². The zero-order valence-corrected chi connectivity index (χ0v) is 9.13. The quantitative estimate of drug-likeness (QED) is 0.336. The molecule has 0 aromatic heterocycles. The highest BCUT2D eigenvalue weighted by Crippen LogP contribution is 2.07.